The Morgan fingerprint density at radius 3 is 2.75 bits per heavy atom. The Labute approximate surface area is 151 Å². The van der Waals surface area contributed by atoms with Gasteiger partial charge in [-0.1, -0.05) is 30.1 Å². The molecule has 0 spiro atoms. The second-order valence-corrected chi connectivity index (χ2v) is 6.90. The molecule has 1 saturated heterocycles. The lowest BCUT2D eigenvalue weighted by Gasteiger charge is -2.30. The first-order chi connectivity index (χ1) is 11.5. The maximum Gasteiger partial charge on any atom is 0.274 e. The van der Waals surface area contributed by atoms with Gasteiger partial charge in [-0.15, -0.1) is 10.2 Å². The SMILES string of the molecule is CC1CCCN(C(=O)c2ccc(Nc3ccc(Cl)cc3Cl)nn2)C1. The summed E-state index contributed by atoms with van der Waals surface area (Å²) in [6.45, 7) is 3.72. The molecule has 5 nitrogen and oxygen atoms in total. The molecule has 24 heavy (non-hydrogen) atoms. The predicted molar refractivity (Wildman–Crippen MR) is 96.1 cm³/mol. The zero-order valence-electron chi connectivity index (χ0n) is 13.3. The molecule has 126 valence electrons. The minimum Gasteiger partial charge on any atom is -0.338 e. The molecule has 2 heterocycles. The van der Waals surface area contributed by atoms with Gasteiger partial charge >= 0.3 is 0 Å². The summed E-state index contributed by atoms with van der Waals surface area (Å²) in [5, 5.41) is 12.2. The van der Waals surface area contributed by atoms with Crippen LogP contribution in [-0.2, 0) is 0 Å². The molecular formula is C17H18Cl2N4O. The number of amides is 1. The number of piperidine rings is 1. The van der Waals surface area contributed by atoms with E-state index in [0.29, 0.717) is 33.2 Å². The largest absolute Gasteiger partial charge is 0.338 e. The summed E-state index contributed by atoms with van der Waals surface area (Å²) in [7, 11) is 0. The number of nitrogens with one attached hydrogen (secondary N) is 1. The van der Waals surface area contributed by atoms with Crippen LogP contribution < -0.4 is 5.32 Å². The van der Waals surface area contributed by atoms with E-state index in [1.165, 1.54) is 6.42 Å². The average Bonchev–Trinajstić information content (AvgIpc) is 2.57. The smallest absolute Gasteiger partial charge is 0.274 e. The predicted octanol–water partition coefficient (Wildman–Crippen LogP) is 4.40. The second-order valence-electron chi connectivity index (χ2n) is 6.05. The number of halogens is 2. The van der Waals surface area contributed by atoms with Gasteiger partial charge in [0.2, 0.25) is 0 Å². The highest BCUT2D eigenvalue weighted by atomic mass is 35.5. The molecule has 1 aromatic heterocycles. The molecule has 0 saturated carbocycles. The Kier molecular flexibility index (Phi) is 5.21. The van der Waals surface area contributed by atoms with Crippen LogP contribution in [0.3, 0.4) is 0 Å². The van der Waals surface area contributed by atoms with Crippen molar-refractivity contribution in [2.75, 3.05) is 18.4 Å². The first-order valence-electron chi connectivity index (χ1n) is 7.88. The molecule has 0 radical (unpaired) electrons. The zero-order chi connectivity index (χ0) is 17.1. The number of anilines is 2. The van der Waals surface area contributed by atoms with Gasteiger partial charge in [0, 0.05) is 18.1 Å². The maximum absolute atomic E-state index is 12.5. The van der Waals surface area contributed by atoms with Crippen LogP contribution in [0.2, 0.25) is 10.0 Å². The fourth-order valence-electron chi connectivity index (χ4n) is 2.78. The minimum absolute atomic E-state index is 0.0647. The van der Waals surface area contributed by atoms with Crippen LogP contribution >= 0.6 is 23.2 Å². The van der Waals surface area contributed by atoms with Crippen molar-refractivity contribution in [2.45, 2.75) is 19.8 Å². The van der Waals surface area contributed by atoms with Crippen LogP contribution in [0, 0.1) is 5.92 Å². The summed E-state index contributed by atoms with van der Waals surface area (Å²) in [6.07, 6.45) is 2.20. The molecule has 1 fully saturated rings. The lowest BCUT2D eigenvalue weighted by atomic mass is 10.00. The quantitative estimate of drug-likeness (QED) is 0.876. The molecule has 3 rings (SSSR count). The number of carbonyl (C=O) groups is 1. The molecule has 1 aromatic carbocycles. The standard InChI is InChI=1S/C17H18Cl2N4O/c1-11-3-2-8-23(10-11)17(24)15-6-7-16(22-21-15)20-14-5-4-12(18)9-13(14)19/h4-7,9,11H,2-3,8,10H2,1H3,(H,20,22). The van der Waals surface area contributed by atoms with E-state index < -0.39 is 0 Å². The van der Waals surface area contributed by atoms with Gasteiger partial charge in [0.05, 0.1) is 10.7 Å². The van der Waals surface area contributed by atoms with E-state index in [2.05, 4.69) is 22.4 Å². The Bertz CT molecular complexity index is 736. The average molecular weight is 365 g/mol. The number of likely N-dealkylation sites (tertiary alicyclic amines) is 1. The van der Waals surface area contributed by atoms with Crippen molar-refractivity contribution in [2.24, 2.45) is 5.92 Å². The number of aromatic nitrogens is 2. The molecule has 1 atom stereocenters. The van der Waals surface area contributed by atoms with E-state index in [9.17, 15) is 4.79 Å². The second kappa shape index (κ2) is 7.36. The summed E-state index contributed by atoms with van der Waals surface area (Å²) in [5.41, 5.74) is 1.04. The van der Waals surface area contributed by atoms with E-state index in [1.54, 1.807) is 30.3 Å². The van der Waals surface area contributed by atoms with E-state index in [0.717, 1.165) is 19.5 Å². The molecule has 1 unspecified atom stereocenters. The Balaban J connectivity index is 1.69. The van der Waals surface area contributed by atoms with Crippen LogP contribution in [0.5, 0.6) is 0 Å². The molecule has 1 aliphatic heterocycles. The van der Waals surface area contributed by atoms with Gasteiger partial charge in [-0.3, -0.25) is 4.79 Å². The van der Waals surface area contributed by atoms with E-state index in [4.69, 9.17) is 23.2 Å². The van der Waals surface area contributed by atoms with E-state index in [1.807, 2.05) is 4.90 Å². The number of nitrogens with zero attached hydrogens (tertiary/aromatic N) is 3. The Morgan fingerprint density at radius 1 is 1.25 bits per heavy atom. The van der Waals surface area contributed by atoms with Crippen molar-refractivity contribution in [3.63, 3.8) is 0 Å². The topological polar surface area (TPSA) is 58.1 Å². The van der Waals surface area contributed by atoms with Crippen molar-refractivity contribution in [1.29, 1.82) is 0 Å². The molecule has 1 amide bonds. The van der Waals surface area contributed by atoms with E-state index >= 15 is 0 Å². The van der Waals surface area contributed by atoms with Crippen LogP contribution in [0.4, 0.5) is 11.5 Å². The van der Waals surface area contributed by atoms with Crippen molar-refractivity contribution in [3.8, 4) is 0 Å². The van der Waals surface area contributed by atoms with Gasteiger partial charge < -0.3 is 10.2 Å². The third-order valence-electron chi connectivity index (χ3n) is 4.02. The molecule has 0 aliphatic carbocycles. The molecule has 7 heteroatoms. The van der Waals surface area contributed by atoms with Crippen LogP contribution in [0.25, 0.3) is 0 Å². The summed E-state index contributed by atoms with van der Waals surface area (Å²) in [5.74, 6) is 0.983. The summed E-state index contributed by atoms with van der Waals surface area (Å²) < 4.78 is 0. The number of hydrogen-bond acceptors (Lipinski definition) is 4. The summed E-state index contributed by atoms with van der Waals surface area (Å²) in [6, 6.07) is 8.55. The Hall–Kier alpha value is -1.85. The van der Waals surface area contributed by atoms with Gasteiger partial charge in [-0.2, -0.15) is 0 Å². The molecule has 1 N–H and O–H groups in total. The zero-order valence-corrected chi connectivity index (χ0v) is 14.8. The van der Waals surface area contributed by atoms with Crippen LogP contribution in [0.1, 0.15) is 30.3 Å². The highest BCUT2D eigenvalue weighted by Gasteiger charge is 2.23. The third kappa shape index (κ3) is 3.97. The van der Waals surface area contributed by atoms with Gasteiger partial charge in [-0.05, 0) is 49.1 Å². The molecular weight excluding hydrogens is 347 g/mol. The third-order valence-corrected chi connectivity index (χ3v) is 4.57. The lowest BCUT2D eigenvalue weighted by Crippen LogP contribution is -2.39. The van der Waals surface area contributed by atoms with Crippen LogP contribution in [-0.4, -0.2) is 34.1 Å². The highest BCUT2D eigenvalue weighted by molar-refractivity contribution is 6.36. The number of hydrogen-bond donors (Lipinski definition) is 1. The summed E-state index contributed by atoms with van der Waals surface area (Å²) in [4.78, 5) is 14.3. The van der Waals surface area contributed by atoms with Crippen molar-refractivity contribution < 1.29 is 4.79 Å². The van der Waals surface area contributed by atoms with Crippen LogP contribution in [0.15, 0.2) is 30.3 Å². The molecule has 1 aliphatic rings. The normalized spacial score (nSPS) is 17.6. The number of benzene rings is 1. The van der Waals surface area contributed by atoms with Crippen molar-refractivity contribution >= 4 is 40.6 Å². The van der Waals surface area contributed by atoms with Gasteiger partial charge in [0.15, 0.2) is 11.5 Å². The first-order valence-corrected chi connectivity index (χ1v) is 8.63. The van der Waals surface area contributed by atoms with Gasteiger partial charge in [0.1, 0.15) is 0 Å². The Morgan fingerprint density at radius 2 is 2.08 bits per heavy atom. The lowest BCUT2D eigenvalue weighted by molar-refractivity contribution is 0.0676. The monoisotopic (exact) mass is 364 g/mol. The number of rotatable bonds is 3. The van der Waals surface area contributed by atoms with Gasteiger partial charge in [-0.25, -0.2) is 0 Å². The maximum atomic E-state index is 12.5. The minimum atomic E-state index is -0.0647. The number of carbonyl (C=O) groups excluding carboxylic acids is 1. The molecule has 2 aromatic rings. The first kappa shape index (κ1) is 17.0. The van der Waals surface area contributed by atoms with Crippen molar-refractivity contribution in [3.05, 3.63) is 46.1 Å². The van der Waals surface area contributed by atoms with E-state index in [-0.39, 0.29) is 5.91 Å². The molecule has 0 bridgehead atoms. The van der Waals surface area contributed by atoms with Gasteiger partial charge in [0.25, 0.3) is 5.91 Å². The fraction of sp³-hybridized carbons (Fsp3) is 0.353. The summed E-state index contributed by atoms with van der Waals surface area (Å²) >= 11 is 12.0. The highest BCUT2D eigenvalue weighted by Crippen LogP contribution is 2.27. The fourth-order valence-corrected chi connectivity index (χ4v) is 3.23. The van der Waals surface area contributed by atoms with Crippen molar-refractivity contribution in [1.82, 2.24) is 15.1 Å².